The number of methoxy groups -OCH3 is 1. The SMILES string of the molecule is COc1ccc(Br)cc1CNCCC1CCCCC1. The number of nitrogens with one attached hydrogen (secondary N) is 1. The first kappa shape index (κ1) is 14.9. The van der Waals surface area contributed by atoms with Crippen molar-refractivity contribution in [2.75, 3.05) is 13.7 Å². The van der Waals surface area contributed by atoms with Gasteiger partial charge in [-0.25, -0.2) is 0 Å². The van der Waals surface area contributed by atoms with Crippen molar-refractivity contribution < 1.29 is 4.74 Å². The van der Waals surface area contributed by atoms with E-state index in [9.17, 15) is 0 Å². The largest absolute Gasteiger partial charge is 0.496 e. The Bertz CT molecular complexity index is 388. The van der Waals surface area contributed by atoms with Crippen LogP contribution in [-0.2, 0) is 6.54 Å². The van der Waals surface area contributed by atoms with Gasteiger partial charge < -0.3 is 10.1 Å². The van der Waals surface area contributed by atoms with E-state index in [1.54, 1.807) is 7.11 Å². The lowest BCUT2D eigenvalue weighted by atomic mass is 9.87. The second kappa shape index (κ2) is 7.91. The van der Waals surface area contributed by atoms with Gasteiger partial charge >= 0.3 is 0 Å². The average Bonchev–Trinajstić information content (AvgIpc) is 2.45. The topological polar surface area (TPSA) is 21.3 Å². The van der Waals surface area contributed by atoms with E-state index in [0.29, 0.717) is 0 Å². The molecule has 1 saturated carbocycles. The molecule has 0 bridgehead atoms. The zero-order chi connectivity index (χ0) is 13.5. The van der Waals surface area contributed by atoms with Crippen LogP contribution >= 0.6 is 15.9 Å². The number of hydrogen-bond acceptors (Lipinski definition) is 2. The highest BCUT2D eigenvalue weighted by molar-refractivity contribution is 9.10. The minimum atomic E-state index is 0.884. The molecule has 1 aromatic rings. The van der Waals surface area contributed by atoms with E-state index in [4.69, 9.17) is 4.74 Å². The molecule has 19 heavy (non-hydrogen) atoms. The first-order chi connectivity index (χ1) is 9.29. The third-order valence-corrected chi connectivity index (χ3v) is 4.51. The fourth-order valence-corrected chi connectivity index (χ4v) is 3.30. The number of benzene rings is 1. The minimum absolute atomic E-state index is 0.884. The Morgan fingerprint density at radius 3 is 2.79 bits per heavy atom. The van der Waals surface area contributed by atoms with Crippen molar-refractivity contribution in [2.24, 2.45) is 5.92 Å². The van der Waals surface area contributed by atoms with Crippen LogP contribution in [0.15, 0.2) is 22.7 Å². The summed E-state index contributed by atoms with van der Waals surface area (Å²) in [5.74, 6) is 1.92. The third kappa shape index (κ3) is 4.81. The second-order valence-corrected chi connectivity index (χ2v) is 6.34. The van der Waals surface area contributed by atoms with Gasteiger partial charge in [0.25, 0.3) is 0 Å². The molecule has 0 saturated heterocycles. The van der Waals surface area contributed by atoms with Gasteiger partial charge in [-0.2, -0.15) is 0 Å². The molecule has 0 amide bonds. The molecule has 0 radical (unpaired) electrons. The van der Waals surface area contributed by atoms with Crippen molar-refractivity contribution >= 4 is 15.9 Å². The molecule has 3 heteroatoms. The molecule has 1 aliphatic carbocycles. The summed E-state index contributed by atoms with van der Waals surface area (Å²) in [5.41, 5.74) is 1.22. The van der Waals surface area contributed by atoms with Gasteiger partial charge in [-0.15, -0.1) is 0 Å². The van der Waals surface area contributed by atoms with Crippen molar-refractivity contribution in [3.63, 3.8) is 0 Å². The molecule has 0 unspecified atom stereocenters. The molecule has 2 rings (SSSR count). The van der Waals surface area contributed by atoms with E-state index in [-0.39, 0.29) is 0 Å². The molecule has 1 fully saturated rings. The number of rotatable bonds is 6. The summed E-state index contributed by atoms with van der Waals surface area (Å²) >= 11 is 3.51. The van der Waals surface area contributed by atoms with Crippen molar-refractivity contribution in [3.8, 4) is 5.75 Å². The normalized spacial score (nSPS) is 16.5. The monoisotopic (exact) mass is 325 g/mol. The van der Waals surface area contributed by atoms with Crippen LogP contribution in [0.1, 0.15) is 44.1 Å². The highest BCUT2D eigenvalue weighted by Crippen LogP contribution is 2.26. The lowest BCUT2D eigenvalue weighted by Gasteiger charge is -2.21. The standard InChI is InChI=1S/C16H24BrNO/c1-19-16-8-7-15(17)11-14(16)12-18-10-9-13-5-3-2-4-6-13/h7-8,11,13,18H,2-6,9-10,12H2,1H3. The van der Waals surface area contributed by atoms with Gasteiger partial charge in [-0.05, 0) is 37.1 Å². The van der Waals surface area contributed by atoms with Crippen molar-refractivity contribution in [3.05, 3.63) is 28.2 Å². The Morgan fingerprint density at radius 2 is 2.05 bits per heavy atom. The minimum Gasteiger partial charge on any atom is -0.496 e. The summed E-state index contributed by atoms with van der Waals surface area (Å²) in [4.78, 5) is 0. The summed E-state index contributed by atoms with van der Waals surface area (Å²) in [6.45, 7) is 2.00. The van der Waals surface area contributed by atoms with Crippen LogP contribution in [0.2, 0.25) is 0 Å². The Morgan fingerprint density at radius 1 is 1.26 bits per heavy atom. The van der Waals surface area contributed by atoms with Crippen LogP contribution < -0.4 is 10.1 Å². The summed E-state index contributed by atoms with van der Waals surface area (Å²) in [5, 5.41) is 3.55. The van der Waals surface area contributed by atoms with Crippen molar-refractivity contribution in [2.45, 2.75) is 45.1 Å². The first-order valence-electron chi connectivity index (χ1n) is 7.32. The molecule has 1 aliphatic rings. The lowest BCUT2D eigenvalue weighted by molar-refractivity contribution is 0.333. The van der Waals surface area contributed by atoms with Gasteiger partial charge in [-0.3, -0.25) is 0 Å². The molecule has 106 valence electrons. The number of halogens is 1. The molecular weight excluding hydrogens is 302 g/mol. The molecular formula is C16H24BrNO. The van der Waals surface area contributed by atoms with Gasteiger partial charge in [0.1, 0.15) is 5.75 Å². The molecule has 0 spiro atoms. The Hall–Kier alpha value is -0.540. The van der Waals surface area contributed by atoms with Crippen LogP contribution in [0, 0.1) is 5.92 Å². The smallest absolute Gasteiger partial charge is 0.123 e. The van der Waals surface area contributed by atoms with E-state index in [1.165, 1.54) is 44.1 Å². The Labute approximate surface area is 125 Å². The van der Waals surface area contributed by atoms with Gasteiger partial charge in [0.05, 0.1) is 7.11 Å². The van der Waals surface area contributed by atoms with Gasteiger partial charge in [0.15, 0.2) is 0 Å². The predicted molar refractivity (Wildman–Crippen MR) is 83.6 cm³/mol. The maximum atomic E-state index is 5.39. The molecule has 0 heterocycles. The summed E-state index contributed by atoms with van der Waals surface area (Å²) in [7, 11) is 1.73. The number of hydrogen-bond donors (Lipinski definition) is 1. The third-order valence-electron chi connectivity index (χ3n) is 4.01. The second-order valence-electron chi connectivity index (χ2n) is 5.43. The van der Waals surface area contributed by atoms with Gasteiger partial charge in [-0.1, -0.05) is 48.0 Å². The fourth-order valence-electron chi connectivity index (χ4n) is 2.89. The number of ether oxygens (including phenoxy) is 1. The van der Waals surface area contributed by atoms with E-state index in [1.807, 2.05) is 12.1 Å². The van der Waals surface area contributed by atoms with E-state index >= 15 is 0 Å². The maximum absolute atomic E-state index is 5.39. The zero-order valence-electron chi connectivity index (χ0n) is 11.8. The molecule has 0 aromatic heterocycles. The van der Waals surface area contributed by atoms with Crippen molar-refractivity contribution in [1.82, 2.24) is 5.32 Å². The molecule has 0 atom stereocenters. The van der Waals surface area contributed by atoms with Crippen molar-refractivity contribution in [1.29, 1.82) is 0 Å². The van der Waals surface area contributed by atoms with Crippen LogP contribution in [0.5, 0.6) is 5.75 Å². The van der Waals surface area contributed by atoms with Gasteiger partial charge in [0.2, 0.25) is 0 Å². The fraction of sp³-hybridized carbons (Fsp3) is 0.625. The lowest BCUT2D eigenvalue weighted by Crippen LogP contribution is -2.19. The van der Waals surface area contributed by atoms with Gasteiger partial charge in [0, 0.05) is 16.6 Å². The van der Waals surface area contributed by atoms with Crippen LogP contribution in [-0.4, -0.2) is 13.7 Å². The summed E-state index contributed by atoms with van der Waals surface area (Å²) in [6, 6.07) is 6.17. The van der Waals surface area contributed by atoms with Crippen LogP contribution in [0.4, 0.5) is 0 Å². The average molecular weight is 326 g/mol. The predicted octanol–water partition coefficient (Wildman–Crippen LogP) is 4.52. The highest BCUT2D eigenvalue weighted by Gasteiger charge is 2.12. The first-order valence-corrected chi connectivity index (χ1v) is 8.12. The van der Waals surface area contributed by atoms with E-state index in [2.05, 4.69) is 27.3 Å². The van der Waals surface area contributed by atoms with Crippen LogP contribution in [0.3, 0.4) is 0 Å². The summed E-state index contributed by atoms with van der Waals surface area (Å²) < 4.78 is 6.50. The van der Waals surface area contributed by atoms with E-state index in [0.717, 1.165) is 29.2 Å². The van der Waals surface area contributed by atoms with Crippen LogP contribution in [0.25, 0.3) is 0 Å². The Balaban J connectivity index is 1.74. The quantitative estimate of drug-likeness (QED) is 0.776. The molecule has 1 aromatic carbocycles. The molecule has 1 N–H and O–H groups in total. The maximum Gasteiger partial charge on any atom is 0.123 e. The van der Waals surface area contributed by atoms with E-state index < -0.39 is 0 Å². The molecule has 2 nitrogen and oxygen atoms in total. The molecule has 0 aliphatic heterocycles. The highest BCUT2D eigenvalue weighted by atomic mass is 79.9. The Kier molecular flexibility index (Phi) is 6.18. The summed E-state index contributed by atoms with van der Waals surface area (Å²) in [6.07, 6.45) is 8.49. The zero-order valence-corrected chi connectivity index (χ0v) is 13.3.